The highest BCUT2D eigenvalue weighted by molar-refractivity contribution is 6.61. The summed E-state index contributed by atoms with van der Waals surface area (Å²) in [6.45, 7) is 16.7. The highest BCUT2D eigenvalue weighted by atomic mass is 16.7. The SMILES string of the molecule is C/C(c1ccc(B2OC(C)(C)C(C)(C)O2)nc1)=c1/cccc/c1=C(\C1=Cc2c(n(-c3ccccc3)c3ccccc23)C=CC1)c1ccccc1C.CC. The molecule has 2 aliphatic rings. The lowest BCUT2D eigenvalue weighted by molar-refractivity contribution is 0.00578. The molecule has 5 heteroatoms. The van der Waals surface area contributed by atoms with Gasteiger partial charge in [-0.1, -0.05) is 111 Å². The molecule has 0 spiro atoms. The molecule has 0 radical (unpaired) electrons. The molecule has 4 nitrogen and oxygen atoms in total. The second-order valence-corrected chi connectivity index (χ2v) is 14.7. The second-order valence-electron chi connectivity index (χ2n) is 14.7. The molecule has 266 valence electrons. The lowest BCUT2D eigenvalue weighted by Gasteiger charge is -2.32. The smallest absolute Gasteiger partial charge is 0.398 e. The van der Waals surface area contributed by atoms with Crippen LogP contribution in [0, 0.1) is 6.92 Å². The number of rotatable bonds is 5. The van der Waals surface area contributed by atoms with Gasteiger partial charge in [-0.3, -0.25) is 4.98 Å². The first-order valence-corrected chi connectivity index (χ1v) is 18.9. The Balaban J connectivity index is 0.00000214. The van der Waals surface area contributed by atoms with E-state index in [4.69, 9.17) is 14.3 Å². The molecule has 0 amide bonds. The Bertz CT molecular complexity index is 2450. The third-order valence-corrected chi connectivity index (χ3v) is 10.9. The van der Waals surface area contributed by atoms with E-state index in [0.29, 0.717) is 0 Å². The van der Waals surface area contributed by atoms with Crippen LogP contribution in [0.4, 0.5) is 0 Å². The fourth-order valence-electron chi connectivity index (χ4n) is 7.42. The normalized spacial score (nSPS) is 17.0. The van der Waals surface area contributed by atoms with Crippen molar-refractivity contribution in [1.82, 2.24) is 9.55 Å². The van der Waals surface area contributed by atoms with Crippen LogP contribution in [0.3, 0.4) is 0 Å². The fraction of sp³-hybridized carbons (Fsp3) is 0.229. The third kappa shape index (κ3) is 6.65. The van der Waals surface area contributed by atoms with Crippen molar-refractivity contribution in [3.63, 3.8) is 0 Å². The van der Waals surface area contributed by atoms with E-state index in [1.54, 1.807) is 0 Å². The van der Waals surface area contributed by atoms with Crippen LogP contribution in [0.2, 0.25) is 0 Å². The van der Waals surface area contributed by atoms with Crippen molar-refractivity contribution in [2.75, 3.05) is 0 Å². The Morgan fingerprint density at radius 3 is 2.08 bits per heavy atom. The van der Waals surface area contributed by atoms with Gasteiger partial charge in [-0.25, -0.2) is 0 Å². The van der Waals surface area contributed by atoms with E-state index >= 15 is 0 Å². The van der Waals surface area contributed by atoms with Crippen LogP contribution in [0.25, 0.3) is 39.9 Å². The van der Waals surface area contributed by atoms with Gasteiger partial charge < -0.3 is 13.9 Å². The number of allylic oxidation sites excluding steroid dienone is 2. The number of nitrogens with zero attached hydrogens (tertiary/aromatic N) is 2. The van der Waals surface area contributed by atoms with E-state index in [2.05, 4.69) is 174 Å². The summed E-state index contributed by atoms with van der Waals surface area (Å²) in [7, 11) is -0.495. The summed E-state index contributed by atoms with van der Waals surface area (Å²) in [5, 5.41) is 3.63. The number of para-hydroxylation sites is 2. The minimum absolute atomic E-state index is 0.417. The van der Waals surface area contributed by atoms with E-state index in [0.717, 1.165) is 28.8 Å². The summed E-state index contributed by atoms with van der Waals surface area (Å²) >= 11 is 0. The Morgan fingerprint density at radius 1 is 0.736 bits per heavy atom. The molecule has 1 aliphatic carbocycles. The van der Waals surface area contributed by atoms with Crippen molar-refractivity contribution in [3.8, 4) is 5.69 Å². The second kappa shape index (κ2) is 14.7. The number of aromatic nitrogens is 2. The van der Waals surface area contributed by atoms with Crippen molar-refractivity contribution in [2.24, 2.45) is 0 Å². The number of hydrogen-bond acceptors (Lipinski definition) is 3. The minimum Gasteiger partial charge on any atom is -0.398 e. The molecular weight excluding hydrogens is 647 g/mol. The van der Waals surface area contributed by atoms with Gasteiger partial charge in [0.25, 0.3) is 0 Å². The van der Waals surface area contributed by atoms with Gasteiger partial charge in [0, 0.05) is 22.8 Å². The zero-order valence-electron chi connectivity index (χ0n) is 32.3. The minimum atomic E-state index is -0.495. The van der Waals surface area contributed by atoms with Crippen molar-refractivity contribution < 1.29 is 9.31 Å². The predicted molar refractivity (Wildman–Crippen MR) is 224 cm³/mol. The van der Waals surface area contributed by atoms with Crippen LogP contribution in [-0.4, -0.2) is 27.9 Å². The molecule has 53 heavy (non-hydrogen) atoms. The van der Waals surface area contributed by atoms with Gasteiger partial charge in [0.1, 0.15) is 0 Å². The maximum atomic E-state index is 6.29. The van der Waals surface area contributed by atoms with Crippen molar-refractivity contribution >= 4 is 46.9 Å². The van der Waals surface area contributed by atoms with Gasteiger partial charge in [-0.2, -0.15) is 0 Å². The molecule has 0 unspecified atom stereocenters. The van der Waals surface area contributed by atoms with Gasteiger partial charge >= 0.3 is 7.12 Å². The van der Waals surface area contributed by atoms with E-state index in [9.17, 15) is 0 Å². The fourth-order valence-corrected chi connectivity index (χ4v) is 7.42. The number of fused-ring (bicyclic) bond motifs is 3. The molecule has 2 aromatic heterocycles. The molecule has 1 fully saturated rings. The molecule has 0 saturated carbocycles. The first kappa shape index (κ1) is 36.1. The van der Waals surface area contributed by atoms with E-state index in [1.807, 2.05) is 26.1 Å². The standard InChI is InChI=1S/C46H43BN2O2.C2H6/c1-31-17-10-11-21-36(31)44(33-18-16-26-42-40(29-33)38-23-14-15-25-41(38)49(42)35-19-8-7-9-20-35)39-24-13-12-22-37(39)32(2)34-27-28-43(48-30-34)47-50-45(3,4)46(5,6)51-47;1-2/h7-17,19-30H,18H2,1-6H3;1-2H3/b37-32+,44-39-;. The average Bonchev–Trinajstić information content (AvgIpc) is 3.49. The highest BCUT2D eigenvalue weighted by Crippen LogP contribution is 2.38. The zero-order valence-corrected chi connectivity index (χ0v) is 32.3. The van der Waals surface area contributed by atoms with Gasteiger partial charge in [-0.15, -0.1) is 0 Å². The van der Waals surface area contributed by atoms with Crippen LogP contribution < -0.4 is 16.0 Å². The van der Waals surface area contributed by atoms with Crippen LogP contribution in [0.5, 0.6) is 0 Å². The molecule has 0 N–H and O–H groups in total. The summed E-state index contributed by atoms with van der Waals surface area (Å²) in [6, 6.07) is 41.2. The quantitative estimate of drug-likeness (QED) is 0.169. The molecule has 4 aromatic carbocycles. The molecule has 6 aromatic rings. The average molecular weight is 697 g/mol. The summed E-state index contributed by atoms with van der Waals surface area (Å²) in [6.07, 6.45) is 9.83. The molecule has 3 heterocycles. The molecule has 0 bridgehead atoms. The topological polar surface area (TPSA) is 36.3 Å². The molecule has 1 aliphatic heterocycles. The first-order valence-electron chi connectivity index (χ1n) is 18.9. The summed E-state index contributed by atoms with van der Waals surface area (Å²) in [5.41, 5.74) is 12.0. The number of aryl methyl sites for hydroxylation is 1. The van der Waals surface area contributed by atoms with Crippen LogP contribution in [0.15, 0.2) is 133 Å². The van der Waals surface area contributed by atoms with E-state index in [-0.39, 0.29) is 0 Å². The van der Waals surface area contributed by atoms with Crippen LogP contribution >= 0.6 is 0 Å². The van der Waals surface area contributed by atoms with Crippen LogP contribution in [0.1, 0.15) is 82.8 Å². The van der Waals surface area contributed by atoms with Gasteiger partial charge in [0.2, 0.25) is 0 Å². The molecule has 1 saturated heterocycles. The first-order chi connectivity index (χ1) is 25.6. The number of pyridine rings is 1. The van der Waals surface area contributed by atoms with Crippen LogP contribution in [-0.2, 0) is 9.31 Å². The summed E-state index contributed by atoms with van der Waals surface area (Å²) in [4.78, 5) is 4.87. The number of hydrogen-bond donors (Lipinski definition) is 0. The number of benzene rings is 4. The highest BCUT2D eigenvalue weighted by Gasteiger charge is 2.52. The largest absolute Gasteiger partial charge is 0.514 e. The maximum absolute atomic E-state index is 6.29. The third-order valence-electron chi connectivity index (χ3n) is 10.9. The van der Waals surface area contributed by atoms with E-state index in [1.165, 1.54) is 54.9 Å². The Kier molecular flexibility index (Phi) is 10.00. The molecule has 8 rings (SSSR count). The van der Waals surface area contributed by atoms with E-state index < -0.39 is 18.3 Å². The van der Waals surface area contributed by atoms with Crippen molar-refractivity contribution in [2.45, 2.75) is 73.0 Å². The van der Waals surface area contributed by atoms with Gasteiger partial charge in [-0.05, 0) is 128 Å². The monoisotopic (exact) mass is 696 g/mol. The Hall–Kier alpha value is -5.23. The summed E-state index contributed by atoms with van der Waals surface area (Å²) in [5.74, 6) is 0. The summed E-state index contributed by atoms with van der Waals surface area (Å²) < 4.78 is 15.0. The lowest BCUT2D eigenvalue weighted by atomic mass is 9.83. The molecular formula is C48H49BN2O2. The lowest BCUT2D eigenvalue weighted by Crippen LogP contribution is -2.41. The Labute approximate surface area is 315 Å². The zero-order chi connectivity index (χ0) is 37.3. The predicted octanol–water partition coefficient (Wildman–Crippen LogP) is 9.58. The van der Waals surface area contributed by atoms with Gasteiger partial charge in [0.05, 0.1) is 28.0 Å². The van der Waals surface area contributed by atoms with Gasteiger partial charge in [0.15, 0.2) is 0 Å². The van der Waals surface area contributed by atoms with Crippen molar-refractivity contribution in [1.29, 1.82) is 0 Å². The maximum Gasteiger partial charge on any atom is 0.514 e. The molecule has 0 atom stereocenters. The Morgan fingerprint density at radius 2 is 1.38 bits per heavy atom. The van der Waals surface area contributed by atoms with Crippen molar-refractivity contribution in [3.05, 3.63) is 171 Å².